The standard InChI is InChI=1S/C30H21ClF8N2O3/c1-16(32)30(38,39)44-20-9-5-8-18(12-20)29(13-17-6-3-2-4-7-17,22-11-10-19(31)14-40-22)41-28(42)43-15-21-23(33)25(35)27(37)26(36)24(21)34/h2-12,14,16H,13,15H2,1H3,(H,41,42)/t16?,29-/m1/s1. The molecule has 232 valence electrons. The van der Waals surface area contributed by atoms with Crippen molar-refractivity contribution in [1.82, 2.24) is 10.3 Å². The van der Waals surface area contributed by atoms with Crippen LogP contribution in [-0.4, -0.2) is 23.4 Å². The Morgan fingerprint density at radius 2 is 1.55 bits per heavy atom. The molecule has 1 amide bonds. The van der Waals surface area contributed by atoms with Crippen LogP contribution in [0.2, 0.25) is 5.02 Å². The van der Waals surface area contributed by atoms with Crippen molar-refractivity contribution in [2.45, 2.75) is 37.8 Å². The van der Waals surface area contributed by atoms with Gasteiger partial charge in [-0.15, -0.1) is 0 Å². The lowest BCUT2D eigenvalue weighted by atomic mass is 9.80. The second kappa shape index (κ2) is 13.1. The maximum atomic E-state index is 14.2. The predicted molar refractivity (Wildman–Crippen MR) is 142 cm³/mol. The zero-order valence-electron chi connectivity index (χ0n) is 22.5. The minimum absolute atomic E-state index is 0.0455. The number of pyridine rings is 1. The molecule has 1 unspecified atom stereocenters. The van der Waals surface area contributed by atoms with Gasteiger partial charge in [0.25, 0.3) is 0 Å². The smallest absolute Gasteiger partial charge is 0.429 e. The van der Waals surface area contributed by atoms with Gasteiger partial charge >= 0.3 is 12.2 Å². The third kappa shape index (κ3) is 6.88. The Bertz CT molecular complexity index is 1610. The Morgan fingerprint density at radius 3 is 2.14 bits per heavy atom. The van der Waals surface area contributed by atoms with E-state index in [9.17, 15) is 39.9 Å². The second-order valence-electron chi connectivity index (χ2n) is 9.49. The highest BCUT2D eigenvalue weighted by Gasteiger charge is 2.42. The molecule has 3 aromatic carbocycles. The first-order chi connectivity index (χ1) is 20.7. The van der Waals surface area contributed by atoms with Crippen LogP contribution in [0, 0.1) is 29.1 Å². The van der Waals surface area contributed by atoms with E-state index in [-0.39, 0.29) is 22.7 Å². The summed E-state index contributed by atoms with van der Waals surface area (Å²) < 4.78 is 121. The number of alkyl carbamates (subject to hydrolysis) is 1. The zero-order valence-corrected chi connectivity index (χ0v) is 23.2. The number of nitrogens with zero attached hydrogens (tertiary/aromatic N) is 1. The molecule has 4 aromatic rings. The van der Waals surface area contributed by atoms with Gasteiger partial charge in [-0.2, -0.15) is 8.78 Å². The van der Waals surface area contributed by atoms with Crippen molar-refractivity contribution in [1.29, 1.82) is 0 Å². The summed E-state index contributed by atoms with van der Waals surface area (Å²) in [6, 6.07) is 16.0. The number of carbonyl (C=O) groups is 1. The van der Waals surface area contributed by atoms with E-state index in [0.29, 0.717) is 12.5 Å². The van der Waals surface area contributed by atoms with Crippen LogP contribution in [0.4, 0.5) is 39.9 Å². The van der Waals surface area contributed by atoms with Gasteiger partial charge in [0.2, 0.25) is 12.0 Å². The molecule has 0 radical (unpaired) electrons. The van der Waals surface area contributed by atoms with E-state index < -0.39 is 70.9 Å². The van der Waals surface area contributed by atoms with E-state index in [2.05, 4.69) is 15.0 Å². The summed E-state index contributed by atoms with van der Waals surface area (Å²) in [5, 5.41) is 2.69. The van der Waals surface area contributed by atoms with E-state index in [0.717, 1.165) is 12.1 Å². The van der Waals surface area contributed by atoms with Crippen LogP contribution in [0.3, 0.4) is 0 Å². The fraction of sp³-hybridized carbons (Fsp3) is 0.200. The van der Waals surface area contributed by atoms with Crippen LogP contribution in [-0.2, 0) is 23.3 Å². The Labute approximate surface area is 250 Å². The summed E-state index contributed by atoms with van der Waals surface area (Å²) in [6.45, 7) is -0.778. The summed E-state index contributed by atoms with van der Waals surface area (Å²) in [6.07, 6.45) is -7.26. The van der Waals surface area contributed by atoms with E-state index in [1.807, 2.05) is 0 Å². The summed E-state index contributed by atoms with van der Waals surface area (Å²) >= 11 is 6.01. The van der Waals surface area contributed by atoms with Crippen molar-refractivity contribution in [3.63, 3.8) is 0 Å². The van der Waals surface area contributed by atoms with Crippen LogP contribution in [0.15, 0.2) is 72.9 Å². The molecule has 0 aliphatic carbocycles. The van der Waals surface area contributed by atoms with Crippen LogP contribution >= 0.6 is 11.6 Å². The van der Waals surface area contributed by atoms with E-state index in [4.69, 9.17) is 16.3 Å². The van der Waals surface area contributed by atoms with E-state index >= 15 is 0 Å². The lowest BCUT2D eigenvalue weighted by Gasteiger charge is -2.35. The molecular weight excluding hydrogens is 624 g/mol. The van der Waals surface area contributed by atoms with E-state index in [1.165, 1.54) is 30.5 Å². The minimum Gasteiger partial charge on any atom is -0.444 e. The molecule has 1 heterocycles. The first-order valence-corrected chi connectivity index (χ1v) is 13.1. The first-order valence-electron chi connectivity index (χ1n) is 12.7. The average molecular weight is 645 g/mol. The number of hydrogen-bond donors (Lipinski definition) is 1. The molecule has 5 nitrogen and oxygen atoms in total. The van der Waals surface area contributed by atoms with Crippen molar-refractivity contribution in [3.05, 3.63) is 129 Å². The summed E-state index contributed by atoms with van der Waals surface area (Å²) in [4.78, 5) is 17.5. The molecule has 1 aromatic heterocycles. The Balaban J connectivity index is 1.81. The molecular formula is C30H21ClF8N2O3. The number of amides is 1. The van der Waals surface area contributed by atoms with Gasteiger partial charge in [0.1, 0.15) is 17.9 Å². The second-order valence-corrected chi connectivity index (χ2v) is 9.92. The fourth-order valence-electron chi connectivity index (χ4n) is 4.24. The molecule has 4 rings (SSSR count). The van der Waals surface area contributed by atoms with Gasteiger partial charge in [-0.25, -0.2) is 31.1 Å². The lowest BCUT2D eigenvalue weighted by molar-refractivity contribution is -0.215. The number of alkyl halides is 3. The highest BCUT2D eigenvalue weighted by molar-refractivity contribution is 6.30. The number of nitrogens with one attached hydrogen (secondary N) is 1. The molecule has 2 atom stereocenters. The number of carbonyl (C=O) groups excluding carboxylic acids is 1. The highest BCUT2D eigenvalue weighted by atomic mass is 35.5. The Morgan fingerprint density at radius 1 is 0.909 bits per heavy atom. The maximum absolute atomic E-state index is 14.2. The molecule has 0 aliphatic rings. The summed E-state index contributed by atoms with van der Waals surface area (Å²) in [5.74, 6) is -11.8. The number of hydrogen-bond acceptors (Lipinski definition) is 4. The number of rotatable bonds is 10. The van der Waals surface area contributed by atoms with Crippen LogP contribution < -0.4 is 10.1 Å². The highest BCUT2D eigenvalue weighted by Crippen LogP contribution is 2.36. The molecule has 0 saturated heterocycles. The van der Waals surface area contributed by atoms with Gasteiger partial charge in [0.15, 0.2) is 23.3 Å². The van der Waals surface area contributed by atoms with Crippen molar-refractivity contribution in [2.24, 2.45) is 0 Å². The molecule has 0 spiro atoms. The molecule has 44 heavy (non-hydrogen) atoms. The van der Waals surface area contributed by atoms with Gasteiger partial charge in [0.05, 0.1) is 16.3 Å². The molecule has 0 fully saturated rings. The van der Waals surface area contributed by atoms with Crippen LogP contribution in [0.5, 0.6) is 5.75 Å². The zero-order chi connectivity index (χ0) is 32.2. The third-order valence-electron chi connectivity index (χ3n) is 6.48. The molecule has 1 N–H and O–H groups in total. The van der Waals surface area contributed by atoms with Gasteiger partial charge in [-0.1, -0.05) is 54.1 Å². The fourth-order valence-corrected chi connectivity index (χ4v) is 4.35. The summed E-state index contributed by atoms with van der Waals surface area (Å²) in [7, 11) is 0. The van der Waals surface area contributed by atoms with Crippen LogP contribution in [0.1, 0.15) is 29.3 Å². The monoisotopic (exact) mass is 644 g/mol. The third-order valence-corrected chi connectivity index (χ3v) is 6.71. The van der Waals surface area contributed by atoms with Crippen molar-refractivity contribution in [2.75, 3.05) is 0 Å². The van der Waals surface area contributed by atoms with Crippen molar-refractivity contribution < 1.29 is 49.4 Å². The van der Waals surface area contributed by atoms with Gasteiger partial charge in [0, 0.05) is 12.6 Å². The topological polar surface area (TPSA) is 60.5 Å². The normalized spacial score (nSPS) is 13.6. The van der Waals surface area contributed by atoms with Crippen LogP contribution in [0.25, 0.3) is 0 Å². The number of ether oxygens (including phenoxy) is 2. The lowest BCUT2D eigenvalue weighted by Crippen LogP contribution is -2.49. The molecule has 0 saturated carbocycles. The first kappa shape index (κ1) is 32.5. The number of halogens is 9. The SMILES string of the molecule is CC(F)C(F)(F)Oc1cccc([C@@](Cc2ccccc2)(NC(=O)OCc2c(F)c(F)c(F)c(F)c2F)c2ccc(Cl)cn2)c1. The molecule has 0 aliphatic heterocycles. The predicted octanol–water partition coefficient (Wildman–Crippen LogP) is 8.17. The molecule has 0 bridgehead atoms. The Kier molecular flexibility index (Phi) is 9.67. The number of benzene rings is 3. The quantitative estimate of drug-likeness (QED) is 0.108. The number of aromatic nitrogens is 1. The van der Waals surface area contributed by atoms with Gasteiger partial charge < -0.3 is 14.8 Å². The largest absolute Gasteiger partial charge is 0.444 e. The van der Waals surface area contributed by atoms with Gasteiger partial charge in [-0.05, 0) is 42.3 Å². The Hall–Kier alpha value is -4.39. The van der Waals surface area contributed by atoms with Crippen molar-refractivity contribution >= 4 is 17.7 Å². The minimum atomic E-state index is -4.22. The average Bonchev–Trinajstić information content (AvgIpc) is 2.99. The van der Waals surface area contributed by atoms with Gasteiger partial charge in [-0.3, -0.25) is 4.98 Å². The summed E-state index contributed by atoms with van der Waals surface area (Å²) in [5.41, 5.74) is -2.58. The maximum Gasteiger partial charge on any atom is 0.429 e. The van der Waals surface area contributed by atoms with Crippen molar-refractivity contribution in [3.8, 4) is 5.75 Å². The van der Waals surface area contributed by atoms with E-state index in [1.54, 1.807) is 30.3 Å². The molecule has 14 heteroatoms.